The normalized spacial score (nSPS) is 11.4. The summed E-state index contributed by atoms with van der Waals surface area (Å²) in [5, 5.41) is 41.0. The molecule has 490 valence electrons. The number of aliphatic carboxylic acids is 3. The van der Waals surface area contributed by atoms with E-state index < -0.39 is 77.7 Å². The molecular weight excluding hydrogens is 1160 g/mol. The molecule has 2 rings (SSSR count). The average Bonchev–Trinajstić information content (AvgIpc) is 3.57. The van der Waals surface area contributed by atoms with E-state index in [-0.39, 0.29) is 108 Å². The highest BCUT2D eigenvalue weighted by Crippen LogP contribution is 2.09. The highest BCUT2D eigenvalue weighted by Gasteiger charge is 2.28. The van der Waals surface area contributed by atoms with Gasteiger partial charge in [0, 0.05) is 37.5 Å². The van der Waals surface area contributed by atoms with Gasteiger partial charge < -0.3 is 80.0 Å². The Balaban J connectivity index is -0.000000497. The largest absolute Gasteiger partial charge is 0.481 e. The summed E-state index contributed by atoms with van der Waals surface area (Å²) < 4.78 is 38.4. The Morgan fingerprint density at radius 1 is 0.453 bits per heavy atom. The molecule has 27 nitrogen and oxygen atoms in total. The Morgan fingerprint density at radius 2 is 0.791 bits per heavy atom. The molecule has 0 aliphatic carbocycles. The van der Waals surface area contributed by atoms with Crippen molar-refractivity contribution in [1.29, 1.82) is 0 Å². The minimum atomic E-state index is -1.05. The van der Waals surface area contributed by atoms with E-state index in [4.69, 9.17) is 66.2 Å². The molecule has 0 spiro atoms. The SMILES string of the molecule is CC(C)[C@H](N)C(=O)O.CCOC(=O)Cl.CCOC(=O)N[C@H](C(=O)O)C(C)C.CCOC(=O)N[C@H](C(=O)OCCCC(=O)O)C(C)C.CCOC(=O)N[C@H](C(=O)OCCCC(=O)OCc1ccccc1)C(C)C.O=C(CCCO)OCc1ccccc1. The highest BCUT2D eigenvalue weighted by atomic mass is 35.5. The summed E-state index contributed by atoms with van der Waals surface area (Å²) in [6, 6.07) is 15.7. The van der Waals surface area contributed by atoms with E-state index in [0.29, 0.717) is 26.1 Å². The monoisotopic (exact) mass is 1250 g/mol. The lowest BCUT2D eigenvalue weighted by atomic mass is 10.1. The number of hydrogen-bond donors (Lipinski definition) is 8. The number of halogens is 1. The Morgan fingerprint density at radius 3 is 1.05 bits per heavy atom. The second-order valence-corrected chi connectivity index (χ2v) is 19.2. The summed E-state index contributed by atoms with van der Waals surface area (Å²) in [5.41, 5.74) is 6.31. The van der Waals surface area contributed by atoms with E-state index in [0.717, 1.165) is 11.1 Å². The van der Waals surface area contributed by atoms with Crippen molar-refractivity contribution in [3.05, 3.63) is 71.8 Å². The zero-order valence-corrected chi connectivity index (χ0v) is 52.3. The van der Waals surface area contributed by atoms with Gasteiger partial charge in [-0.2, -0.15) is 0 Å². The maximum atomic E-state index is 12.1. The number of esters is 4. The summed E-state index contributed by atoms with van der Waals surface area (Å²) in [6.07, 6.45) is -0.603. The van der Waals surface area contributed by atoms with Crippen LogP contribution < -0.4 is 21.7 Å². The zero-order chi connectivity index (χ0) is 66.6. The molecule has 28 heteroatoms. The minimum Gasteiger partial charge on any atom is -0.481 e. The predicted molar refractivity (Wildman–Crippen MR) is 314 cm³/mol. The van der Waals surface area contributed by atoms with E-state index in [1.807, 2.05) is 60.7 Å². The van der Waals surface area contributed by atoms with Crippen molar-refractivity contribution in [2.24, 2.45) is 29.4 Å². The second kappa shape index (κ2) is 53.9. The third-order valence-electron chi connectivity index (χ3n) is 10.3. The Hall–Kier alpha value is -7.78. The molecule has 86 heavy (non-hydrogen) atoms. The molecule has 2 aromatic rings. The van der Waals surface area contributed by atoms with Gasteiger partial charge in [-0.25, -0.2) is 33.6 Å². The predicted octanol–water partition coefficient (Wildman–Crippen LogP) is 7.77. The first-order chi connectivity index (χ1) is 40.4. The van der Waals surface area contributed by atoms with Gasteiger partial charge in [0.2, 0.25) is 0 Å². The number of carbonyl (C=O) groups is 11. The third-order valence-corrected chi connectivity index (χ3v) is 10.4. The van der Waals surface area contributed by atoms with E-state index in [2.05, 4.69) is 25.4 Å². The number of hydrogen-bond acceptors (Lipinski definition) is 21. The number of carbonyl (C=O) groups excluding carboxylic acids is 8. The summed E-state index contributed by atoms with van der Waals surface area (Å²) in [7, 11) is 0. The smallest absolute Gasteiger partial charge is 0.407 e. The molecule has 0 unspecified atom stereocenters. The summed E-state index contributed by atoms with van der Waals surface area (Å²) >= 11 is 4.72. The first kappa shape index (κ1) is 84.7. The van der Waals surface area contributed by atoms with Crippen LogP contribution in [0.2, 0.25) is 0 Å². The van der Waals surface area contributed by atoms with Crippen molar-refractivity contribution >= 4 is 77.1 Å². The van der Waals surface area contributed by atoms with Crippen LogP contribution in [-0.2, 0) is 84.7 Å². The molecule has 0 aliphatic rings. The van der Waals surface area contributed by atoms with Gasteiger partial charge in [-0.3, -0.25) is 19.2 Å². The van der Waals surface area contributed by atoms with Crippen LogP contribution in [0.4, 0.5) is 19.2 Å². The van der Waals surface area contributed by atoms with Crippen molar-refractivity contribution in [3.8, 4) is 0 Å². The van der Waals surface area contributed by atoms with Crippen molar-refractivity contribution in [2.75, 3.05) is 46.2 Å². The molecule has 0 saturated carbocycles. The fourth-order valence-corrected chi connectivity index (χ4v) is 5.72. The van der Waals surface area contributed by atoms with Gasteiger partial charge in [-0.15, -0.1) is 0 Å². The number of nitrogens with two attached hydrogens (primary N) is 1. The number of benzene rings is 2. The highest BCUT2D eigenvalue weighted by molar-refractivity contribution is 6.61. The number of ether oxygens (including phenoxy) is 8. The molecule has 0 bridgehead atoms. The van der Waals surface area contributed by atoms with Gasteiger partial charge in [-0.1, -0.05) is 116 Å². The zero-order valence-electron chi connectivity index (χ0n) is 51.5. The van der Waals surface area contributed by atoms with Crippen LogP contribution in [0, 0.1) is 23.7 Å². The topological polar surface area (TPSA) is 405 Å². The van der Waals surface area contributed by atoms with Crippen molar-refractivity contribution < 1.29 is 111 Å². The van der Waals surface area contributed by atoms with Gasteiger partial charge in [0.05, 0.1) is 39.6 Å². The van der Waals surface area contributed by atoms with Gasteiger partial charge in [-0.05, 0) is 81.8 Å². The molecule has 0 aliphatic heterocycles. The average molecular weight is 1250 g/mol. The quantitative estimate of drug-likeness (QED) is 0.0160. The second-order valence-electron chi connectivity index (χ2n) is 18.9. The van der Waals surface area contributed by atoms with Crippen molar-refractivity contribution in [1.82, 2.24) is 16.0 Å². The molecule has 4 atom stereocenters. The van der Waals surface area contributed by atoms with Gasteiger partial charge in [0.25, 0.3) is 0 Å². The fourth-order valence-electron chi connectivity index (χ4n) is 5.62. The number of aliphatic hydroxyl groups is 1. The number of carboxylic acids is 3. The summed E-state index contributed by atoms with van der Waals surface area (Å²) in [5.74, 6) is -5.13. The van der Waals surface area contributed by atoms with Crippen LogP contribution in [0.15, 0.2) is 60.7 Å². The molecule has 0 radical (unpaired) electrons. The van der Waals surface area contributed by atoms with Crippen LogP contribution in [-0.4, -0.2) is 156 Å². The number of rotatable bonds is 30. The molecular formula is C58H93ClN4O23. The molecule has 0 saturated heterocycles. The lowest BCUT2D eigenvalue weighted by molar-refractivity contribution is -0.150. The first-order valence-corrected chi connectivity index (χ1v) is 28.2. The molecule has 3 amide bonds. The third kappa shape index (κ3) is 50.7. The van der Waals surface area contributed by atoms with Crippen molar-refractivity contribution in [3.63, 3.8) is 0 Å². The molecule has 9 N–H and O–H groups in total. The molecule has 0 aromatic heterocycles. The standard InChI is InChI=1S/C19H27NO6.C12H21NO6.C11H14O3.C8H15NO4.C5H11NO2.C3H5ClO2/c1-4-24-19(23)20-17(14(2)3)18(22)25-12-8-11-16(21)26-13-15-9-6-5-7-10-15;1-4-18-12(17)13-10(8(2)3)11(16)19-7-5-6-9(14)15;12-8-4-7-11(13)14-9-10-5-2-1-3-6-10;1-4-13-8(12)9-6(5(2)3)7(10)11;1-3(2)4(6)5(7)8;1-2-6-3(4)5/h5-7,9-10,14,17H,4,8,11-13H2,1-3H3,(H,20,23);8,10H,4-7H2,1-3H3,(H,13,17)(H,14,15);1-3,5-6,12H,4,7-9H2;5-6H,4H2,1-3H3,(H,9,12)(H,10,11);3-4H,6H2,1-2H3,(H,7,8);2H2,1H3/t17-;10-;;6-;4-;/m00.00./s1. The number of amides is 3. The molecule has 0 fully saturated rings. The lowest BCUT2D eigenvalue weighted by Gasteiger charge is -2.20. The van der Waals surface area contributed by atoms with Gasteiger partial charge in [0.1, 0.15) is 37.4 Å². The van der Waals surface area contributed by atoms with Crippen LogP contribution in [0.25, 0.3) is 0 Å². The first-order valence-electron chi connectivity index (χ1n) is 27.8. The Labute approximate surface area is 508 Å². The van der Waals surface area contributed by atoms with Crippen LogP contribution in [0.5, 0.6) is 0 Å². The number of carboxylic acid groups (broad SMARTS) is 3. The van der Waals surface area contributed by atoms with Gasteiger partial charge in [0.15, 0.2) is 0 Å². The maximum absolute atomic E-state index is 12.1. The Bertz CT molecular complexity index is 2220. The summed E-state index contributed by atoms with van der Waals surface area (Å²) in [4.78, 5) is 121. The van der Waals surface area contributed by atoms with E-state index in [9.17, 15) is 52.7 Å². The number of aliphatic hydroxyl groups excluding tert-OH is 1. The lowest BCUT2D eigenvalue weighted by Crippen LogP contribution is -2.45. The Kier molecular flexibility index (Phi) is 53.1. The number of nitrogens with one attached hydrogen (secondary N) is 3. The van der Waals surface area contributed by atoms with E-state index >= 15 is 0 Å². The van der Waals surface area contributed by atoms with Crippen LogP contribution >= 0.6 is 11.6 Å². The van der Waals surface area contributed by atoms with Gasteiger partial charge >= 0.3 is 65.5 Å². The van der Waals surface area contributed by atoms with Crippen LogP contribution in [0.1, 0.15) is 133 Å². The fraction of sp³-hybridized carbons (Fsp3) is 0.603. The van der Waals surface area contributed by atoms with Crippen LogP contribution in [0.3, 0.4) is 0 Å². The summed E-state index contributed by atoms with van der Waals surface area (Å²) in [6.45, 7) is 22.4. The van der Waals surface area contributed by atoms with E-state index in [1.165, 1.54) is 0 Å². The van der Waals surface area contributed by atoms with E-state index in [1.54, 1.807) is 83.1 Å². The minimum absolute atomic E-state index is 0.0128. The number of alkyl carbamates (subject to hydrolysis) is 3. The van der Waals surface area contributed by atoms with Crippen molar-refractivity contribution in [2.45, 2.75) is 159 Å². The molecule has 0 heterocycles. The maximum Gasteiger partial charge on any atom is 0.407 e. The molecule has 2 aromatic carbocycles.